The van der Waals surface area contributed by atoms with Gasteiger partial charge in [0.2, 0.25) is 11.8 Å². The summed E-state index contributed by atoms with van der Waals surface area (Å²) in [5.41, 5.74) is 2.35. The lowest BCUT2D eigenvalue weighted by Gasteiger charge is -2.40. The van der Waals surface area contributed by atoms with E-state index in [2.05, 4.69) is 5.32 Å². The molecule has 2 aliphatic rings. The van der Waals surface area contributed by atoms with Gasteiger partial charge in [0.05, 0.1) is 27.8 Å². The van der Waals surface area contributed by atoms with Gasteiger partial charge < -0.3 is 15.1 Å². The van der Waals surface area contributed by atoms with Crippen LogP contribution in [0.4, 0.5) is 5.69 Å². The summed E-state index contributed by atoms with van der Waals surface area (Å²) in [5.74, 6) is -0.512. The lowest BCUT2D eigenvalue weighted by atomic mass is 9.91. The van der Waals surface area contributed by atoms with Crippen LogP contribution in [0, 0.1) is 5.41 Å². The molecule has 1 saturated heterocycles. The van der Waals surface area contributed by atoms with Gasteiger partial charge in [-0.1, -0.05) is 56.1 Å². The van der Waals surface area contributed by atoms with Crippen molar-refractivity contribution < 1.29 is 14.4 Å². The molecule has 168 valence electrons. The zero-order valence-corrected chi connectivity index (χ0v) is 19.8. The minimum atomic E-state index is -0.721. The molecule has 1 unspecified atom stereocenters. The van der Waals surface area contributed by atoms with Crippen LogP contribution in [0.25, 0.3) is 11.1 Å². The fourth-order valence-corrected chi connectivity index (χ4v) is 4.40. The molecule has 6 nitrogen and oxygen atoms in total. The average Bonchev–Trinajstić information content (AvgIpc) is 2.83. The fourth-order valence-electron chi connectivity index (χ4n) is 4.10. The van der Waals surface area contributed by atoms with E-state index in [0.29, 0.717) is 40.8 Å². The van der Waals surface area contributed by atoms with E-state index in [1.165, 1.54) is 0 Å². The van der Waals surface area contributed by atoms with Crippen molar-refractivity contribution in [2.24, 2.45) is 5.41 Å². The van der Waals surface area contributed by atoms with Gasteiger partial charge in [0.25, 0.3) is 5.91 Å². The van der Waals surface area contributed by atoms with Gasteiger partial charge in [-0.3, -0.25) is 14.4 Å². The topological polar surface area (TPSA) is 69.7 Å². The Bertz CT molecular complexity index is 1110. The summed E-state index contributed by atoms with van der Waals surface area (Å²) in [7, 11) is 0. The molecule has 0 aliphatic carbocycles. The van der Waals surface area contributed by atoms with Gasteiger partial charge in [-0.2, -0.15) is 0 Å². The van der Waals surface area contributed by atoms with Crippen molar-refractivity contribution in [2.45, 2.75) is 33.2 Å². The maximum absolute atomic E-state index is 13.4. The van der Waals surface area contributed by atoms with Gasteiger partial charge in [-0.15, -0.1) is 0 Å². The lowest BCUT2D eigenvalue weighted by Crippen LogP contribution is -2.59. The highest BCUT2D eigenvalue weighted by Gasteiger charge is 2.40. The highest BCUT2D eigenvalue weighted by molar-refractivity contribution is 6.42. The summed E-state index contributed by atoms with van der Waals surface area (Å²) in [5, 5.41) is 3.75. The largest absolute Gasteiger partial charge is 0.338 e. The summed E-state index contributed by atoms with van der Waals surface area (Å²) in [4.78, 5) is 42.3. The first-order valence-electron chi connectivity index (χ1n) is 10.5. The minimum absolute atomic E-state index is 0.000985. The number of fused-ring (bicyclic) bond motifs is 2. The molecule has 0 radical (unpaired) electrons. The number of benzene rings is 2. The van der Waals surface area contributed by atoms with Gasteiger partial charge in [-0.05, 0) is 40.8 Å². The maximum Gasteiger partial charge on any atom is 0.256 e. The molecule has 3 amide bonds. The van der Waals surface area contributed by atoms with Gasteiger partial charge in [-0.25, -0.2) is 0 Å². The van der Waals surface area contributed by atoms with Gasteiger partial charge in [0, 0.05) is 19.5 Å². The second kappa shape index (κ2) is 8.41. The molecule has 0 saturated carbocycles. The van der Waals surface area contributed by atoms with E-state index >= 15 is 0 Å². The maximum atomic E-state index is 13.4. The molecule has 2 heterocycles. The van der Waals surface area contributed by atoms with Crippen molar-refractivity contribution >= 4 is 46.6 Å². The van der Waals surface area contributed by atoms with Crippen molar-refractivity contribution in [1.29, 1.82) is 0 Å². The summed E-state index contributed by atoms with van der Waals surface area (Å²) >= 11 is 12.2. The third-order valence-corrected chi connectivity index (χ3v) is 6.48. The third-order valence-electron chi connectivity index (χ3n) is 5.74. The van der Waals surface area contributed by atoms with Gasteiger partial charge in [0.15, 0.2) is 0 Å². The van der Waals surface area contributed by atoms with E-state index in [9.17, 15) is 14.4 Å². The monoisotopic (exact) mass is 473 g/mol. The zero-order valence-electron chi connectivity index (χ0n) is 18.2. The second-order valence-electron chi connectivity index (χ2n) is 9.47. The standard InChI is InChI=1S/C24H25Cl2N3O3/c1-24(2,3)12-21(30)28-8-9-29-20(13-28)22(31)27-19-7-5-14(10-16(19)23(29)32)15-4-6-17(25)18(26)11-15/h4-7,10-11,20H,8-9,12-13H2,1-3H3,(H,27,31). The molecule has 1 atom stereocenters. The summed E-state index contributed by atoms with van der Waals surface area (Å²) in [6.07, 6.45) is 0.391. The Morgan fingerprint density at radius 1 is 1.03 bits per heavy atom. The Hall–Kier alpha value is -2.57. The number of nitrogens with one attached hydrogen (secondary N) is 1. The van der Waals surface area contributed by atoms with Crippen molar-refractivity contribution in [3.05, 3.63) is 52.0 Å². The van der Waals surface area contributed by atoms with Crippen LogP contribution in [0.2, 0.25) is 10.0 Å². The van der Waals surface area contributed by atoms with Crippen LogP contribution in [-0.2, 0) is 9.59 Å². The molecule has 2 aliphatic heterocycles. The van der Waals surface area contributed by atoms with E-state index in [0.717, 1.165) is 11.1 Å². The minimum Gasteiger partial charge on any atom is -0.338 e. The van der Waals surface area contributed by atoms with E-state index in [1.54, 1.807) is 34.1 Å². The molecule has 8 heteroatoms. The van der Waals surface area contributed by atoms with Crippen LogP contribution in [-0.4, -0.2) is 53.2 Å². The Labute approximate surface area is 197 Å². The van der Waals surface area contributed by atoms with Crippen LogP contribution in [0.1, 0.15) is 37.6 Å². The molecule has 2 aromatic rings. The molecular weight excluding hydrogens is 449 g/mol. The number of hydrogen-bond acceptors (Lipinski definition) is 3. The molecular formula is C24H25Cl2N3O3. The predicted molar refractivity (Wildman–Crippen MR) is 126 cm³/mol. The Kier molecular flexibility index (Phi) is 5.94. The Morgan fingerprint density at radius 2 is 1.72 bits per heavy atom. The highest BCUT2D eigenvalue weighted by Crippen LogP contribution is 2.33. The van der Waals surface area contributed by atoms with E-state index in [4.69, 9.17) is 23.2 Å². The normalized spacial score (nSPS) is 18.6. The molecule has 0 spiro atoms. The SMILES string of the molecule is CC(C)(C)CC(=O)N1CCN2C(=O)c3cc(-c4ccc(Cl)c(Cl)c4)ccc3NC(=O)C2C1. The smallest absolute Gasteiger partial charge is 0.256 e. The number of nitrogens with zero attached hydrogens (tertiary/aromatic N) is 2. The number of anilines is 1. The highest BCUT2D eigenvalue weighted by atomic mass is 35.5. The van der Waals surface area contributed by atoms with Crippen LogP contribution >= 0.6 is 23.2 Å². The van der Waals surface area contributed by atoms with Crippen molar-refractivity contribution in [3.63, 3.8) is 0 Å². The molecule has 1 fully saturated rings. The molecule has 32 heavy (non-hydrogen) atoms. The molecule has 0 aromatic heterocycles. The second-order valence-corrected chi connectivity index (χ2v) is 10.3. The zero-order chi connectivity index (χ0) is 23.2. The molecule has 4 rings (SSSR count). The van der Waals surface area contributed by atoms with Crippen LogP contribution in [0.5, 0.6) is 0 Å². The Balaban J connectivity index is 1.62. The molecule has 0 bridgehead atoms. The first-order valence-corrected chi connectivity index (χ1v) is 11.3. The summed E-state index contributed by atoms with van der Waals surface area (Å²) in [6.45, 7) is 6.93. The number of carbonyl (C=O) groups is 3. The Morgan fingerprint density at radius 3 is 2.41 bits per heavy atom. The van der Waals surface area contributed by atoms with Crippen molar-refractivity contribution in [1.82, 2.24) is 9.80 Å². The number of halogens is 2. The first kappa shape index (κ1) is 22.6. The first-order chi connectivity index (χ1) is 15.0. The average molecular weight is 474 g/mol. The van der Waals surface area contributed by atoms with Crippen LogP contribution in [0.15, 0.2) is 36.4 Å². The van der Waals surface area contributed by atoms with E-state index < -0.39 is 6.04 Å². The van der Waals surface area contributed by atoms with Gasteiger partial charge in [0.1, 0.15) is 6.04 Å². The quantitative estimate of drug-likeness (QED) is 0.686. The predicted octanol–water partition coefficient (Wildman–Crippen LogP) is 4.70. The fraction of sp³-hybridized carbons (Fsp3) is 0.375. The number of amides is 3. The lowest BCUT2D eigenvalue weighted by molar-refractivity contribution is -0.137. The van der Waals surface area contributed by atoms with Crippen molar-refractivity contribution in [2.75, 3.05) is 25.0 Å². The van der Waals surface area contributed by atoms with Gasteiger partial charge >= 0.3 is 0 Å². The number of hydrogen-bond donors (Lipinski definition) is 1. The van der Waals surface area contributed by atoms with Crippen LogP contribution in [0.3, 0.4) is 0 Å². The number of piperazine rings is 1. The third kappa shape index (κ3) is 4.48. The molecule has 1 N–H and O–H groups in total. The summed E-state index contributed by atoms with van der Waals surface area (Å²) in [6, 6.07) is 9.88. The summed E-state index contributed by atoms with van der Waals surface area (Å²) < 4.78 is 0. The molecule has 2 aromatic carbocycles. The van der Waals surface area contributed by atoms with E-state index in [1.807, 2.05) is 32.9 Å². The number of rotatable bonds is 2. The van der Waals surface area contributed by atoms with Crippen LogP contribution < -0.4 is 5.32 Å². The van der Waals surface area contributed by atoms with E-state index in [-0.39, 0.29) is 29.7 Å². The number of carbonyl (C=O) groups excluding carboxylic acids is 3. The van der Waals surface area contributed by atoms with Crippen molar-refractivity contribution in [3.8, 4) is 11.1 Å².